The lowest BCUT2D eigenvalue weighted by Gasteiger charge is -2.30. The molecule has 4 rings (SSSR count). The van der Waals surface area contributed by atoms with Crippen molar-refractivity contribution >= 4 is 28.8 Å². The number of benzene rings is 1. The Morgan fingerprint density at radius 3 is 2.79 bits per heavy atom. The molecule has 1 aliphatic heterocycles. The van der Waals surface area contributed by atoms with Gasteiger partial charge >= 0.3 is 0 Å². The number of hydrogen-bond donors (Lipinski definition) is 1. The fourth-order valence-corrected chi connectivity index (χ4v) is 5.41. The van der Waals surface area contributed by atoms with E-state index < -0.39 is 0 Å². The van der Waals surface area contributed by atoms with Crippen molar-refractivity contribution in [2.75, 3.05) is 11.9 Å². The molecule has 2 heterocycles. The van der Waals surface area contributed by atoms with Crippen LogP contribution in [0.4, 0.5) is 5.69 Å². The summed E-state index contributed by atoms with van der Waals surface area (Å²) >= 11 is 1.64. The van der Waals surface area contributed by atoms with Crippen molar-refractivity contribution in [3.63, 3.8) is 0 Å². The molecule has 1 unspecified atom stereocenters. The predicted octanol–water partition coefficient (Wildman–Crippen LogP) is 5.29. The van der Waals surface area contributed by atoms with Gasteiger partial charge in [0.05, 0.1) is 6.04 Å². The molecule has 4 nitrogen and oxygen atoms in total. The first kappa shape index (κ1) is 19.2. The summed E-state index contributed by atoms with van der Waals surface area (Å²) in [5.41, 5.74) is 2.96. The molecule has 0 radical (unpaired) electrons. The highest BCUT2D eigenvalue weighted by Crippen LogP contribution is 2.39. The highest BCUT2D eigenvalue weighted by Gasteiger charge is 2.34. The van der Waals surface area contributed by atoms with Crippen LogP contribution in [-0.4, -0.2) is 23.3 Å². The summed E-state index contributed by atoms with van der Waals surface area (Å²) in [7, 11) is 0. The number of carbonyl (C=O) groups is 2. The van der Waals surface area contributed by atoms with E-state index in [0.717, 1.165) is 28.1 Å². The van der Waals surface area contributed by atoms with Crippen molar-refractivity contribution in [3.05, 3.63) is 51.7 Å². The van der Waals surface area contributed by atoms with E-state index >= 15 is 0 Å². The van der Waals surface area contributed by atoms with Gasteiger partial charge < -0.3 is 10.2 Å². The number of anilines is 1. The number of carbonyl (C=O) groups excluding carboxylic acids is 2. The molecule has 5 heteroatoms. The quantitative estimate of drug-likeness (QED) is 0.764. The van der Waals surface area contributed by atoms with E-state index in [1.54, 1.807) is 16.2 Å². The average Bonchev–Trinajstić information content (AvgIpc) is 3.18. The zero-order chi connectivity index (χ0) is 19.5. The van der Waals surface area contributed by atoms with E-state index in [0.29, 0.717) is 12.3 Å². The predicted molar refractivity (Wildman–Crippen MR) is 113 cm³/mol. The van der Waals surface area contributed by atoms with Gasteiger partial charge in [-0.15, -0.1) is 11.3 Å². The lowest BCUT2D eigenvalue weighted by molar-refractivity contribution is -0.136. The van der Waals surface area contributed by atoms with Crippen LogP contribution in [0.15, 0.2) is 35.7 Å². The van der Waals surface area contributed by atoms with Gasteiger partial charge in [-0.05, 0) is 36.8 Å². The number of nitrogens with zero attached hydrogens (tertiary/aromatic N) is 1. The Morgan fingerprint density at radius 1 is 1.21 bits per heavy atom. The minimum atomic E-state index is -0.201. The van der Waals surface area contributed by atoms with E-state index in [9.17, 15) is 9.59 Å². The Bertz CT molecular complexity index is 840. The van der Waals surface area contributed by atoms with Crippen LogP contribution in [-0.2, 0) is 9.59 Å². The molecule has 2 amide bonds. The normalized spacial score (nSPS) is 20.4. The zero-order valence-electron chi connectivity index (χ0n) is 16.4. The zero-order valence-corrected chi connectivity index (χ0v) is 17.3. The van der Waals surface area contributed by atoms with E-state index in [-0.39, 0.29) is 24.4 Å². The number of aryl methyl sites for hydroxylation is 1. The second kappa shape index (κ2) is 8.48. The summed E-state index contributed by atoms with van der Waals surface area (Å²) < 4.78 is 0. The summed E-state index contributed by atoms with van der Waals surface area (Å²) in [6, 6.07) is 9.95. The van der Waals surface area contributed by atoms with Crippen LogP contribution >= 0.6 is 11.3 Å². The topological polar surface area (TPSA) is 49.4 Å². The van der Waals surface area contributed by atoms with E-state index in [1.807, 2.05) is 30.5 Å². The van der Waals surface area contributed by atoms with Crippen LogP contribution in [0.1, 0.15) is 67.0 Å². The maximum absolute atomic E-state index is 13.3. The van der Waals surface area contributed by atoms with Crippen molar-refractivity contribution in [1.82, 2.24) is 4.90 Å². The molecule has 0 spiro atoms. The van der Waals surface area contributed by atoms with Crippen LogP contribution in [0.3, 0.4) is 0 Å². The van der Waals surface area contributed by atoms with Crippen LogP contribution < -0.4 is 5.32 Å². The van der Waals surface area contributed by atoms with E-state index in [2.05, 4.69) is 17.4 Å². The van der Waals surface area contributed by atoms with Crippen molar-refractivity contribution < 1.29 is 9.59 Å². The van der Waals surface area contributed by atoms with E-state index in [4.69, 9.17) is 0 Å². The Labute approximate surface area is 170 Å². The average molecular weight is 397 g/mol. The lowest BCUT2D eigenvalue weighted by Crippen LogP contribution is -2.38. The third-order valence-electron chi connectivity index (χ3n) is 6.03. The molecule has 1 fully saturated rings. The molecule has 2 aliphatic rings. The van der Waals surface area contributed by atoms with Crippen LogP contribution in [0.25, 0.3) is 0 Å². The largest absolute Gasteiger partial charge is 0.324 e. The Morgan fingerprint density at radius 2 is 2.04 bits per heavy atom. The first-order valence-electron chi connectivity index (χ1n) is 10.3. The summed E-state index contributed by atoms with van der Waals surface area (Å²) in [5, 5.41) is 5.04. The summed E-state index contributed by atoms with van der Waals surface area (Å²) in [4.78, 5) is 28.8. The fourth-order valence-electron chi connectivity index (χ4n) is 4.56. The van der Waals surface area contributed by atoms with Crippen LogP contribution in [0.5, 0.6) is 0 Å². The molecular formula is C23H28N2O2S. The van der Waals surface area contributed by atoms with Gasteiger partial charge in [0.2, 0.25) is 11.8 Å². The molecule has 1 aromatic carbocycles. The van der Waals surface area contributed by atoms with Crippen molar-refractivity contribution in [3.8, 4) is 0 Å². The number of rotatable bonds is 4. The SMILES string of the molecule is Cc1ccc2c(c1)C(c1cccs1)N(C(=O)CCC1CCCCC1)CC(=O)N2. The highest BCUT2D eigenvalue weighted by molar-refractivity contribution is 7.10. The summed E-state index contributed by atoms with van der Waals surface area (Å²) in [5.74, 6) is 0.636. The van der Waals surface area contributed by atoms with Gasteiger partial charge in [0.25, 0.3) is 0 Å². The van der Waals surface area contributed by atoms with Crippen molar-refractivity contribution in [1.29, 1.82) is 0 Å². The molecule has 0 saturated heterocycles. The number of hydrogen-bond acceptors (Lipinski definition) is 3. The van der Waals surface area contributed by atoms with Crippen molar-refractivity contribution in [2.24, 2.45) is 5.92 Å². The Kier molecular flexibility index (Phi) is 5.81. The first-order chi connectivity index (χ1) is 13.6. The van der Waals surface area contributed by atoms with Crippen LogP contribution in [0.2, 0.25) is 0 Å². The number of amides is 2. The van der Waals surface area contributed by atoms with Gasteiger partial charge in [-0.3, -0.25) is 9.59 Å². The fraction of sp³-hybridized carbons (Fsp3) is 0.478. The molecule has 1 aromatic heterocycles. The number of thiophene rings is 1. The minimum absolute atomic E-state index is 0.0912. The number of nitrogens with one attached hydrogen (secondary N) is 1. The molecular weight excluding hydrogens is 368 g/mol. The molecule has 1 atom stereocenters. The monoisotopic (exact) mass is 396 g/mol. The summed E-state index contributed by atoms with van der Waals surface area (Å²) in [6.45, 7) is 2.16. The molecule has 1 N–H and O–H groups in total. The Balaban J connectivity index is 1.63. The highest BCUT2D eigenvalue weighted by atomic mass is 32.1. The second-order valence-electron chi connectivity index (χ2n) is 8.12. The second-order valence-corrected chi connectivity index (χ2v) is 9.10. The standard InChI is InChI=1S/C23H28N2O2S/c1-16-9-11-19-18(14-16)23(20-8-5-13-28-20)25(15-21(26)24-19)22(27)12-10-17-6-3-2-4-7-17/h5,8-9,11,13-14,17,23H,2-4,6-7,10,12,15H2,1H3,(H,24,26). The molecule has 1 aliphatic carbocycles. The van der Waals surface area contributed by atoms with Crippen molar-refractivity contribution in [2.45, 2.75) is 57.9 Å². The van der Waals surface area contributed by atoms with Gasteiger partial charge in [0.15, 0.2) is 0 Å². The van der Waals surface area contributed by atoms with E-state index in [1.165, 1.54) is 32.1 Å². The molecule has 0 bridgehead atoms. The lowest BCUT2D eigenvalue weighted by atomic mass is 9.86. The van der Waals surface area contributed by atoms with Gasteiger partial charge in [-0.2, -0.15) is 0 Å². The van der Waals surface area contributed by atoms with Crippen LogP contribution in [0, 0.1) is 12.8 Å². The van der Waals surface area contributed by atoms with Gasteiger partial charge in [0, 0.05) is 22.5 Å². The maximum atomic E-state index is 13.3. The van der Waals surface area contributed by atoms with Gasteiger partial charge in [-0.25, -0.2) is 0 Å². The van der Waals surface area contributed by atoms with Gasteiger partial charge in [0.1, 0.15) is 6.54 Å². The smallest absolute Gasteiger partial charge is 0.244 e. The molecule has 1 saturated carbocycles. The molecule has 2 aromatic rings. The first-order valence-corrected chi connectivity index (χ1v) is 11.2. The maximum Gasteiger partial charge on any atom is 0.244 e. The number of fused-ring (bicyclic) bond motifs is 1. The Hall–Kier alpha value is -2.14. The molecule has 148 valence electrons. The molecule has 28 heavy (non-hydrogen) atoms. The van der Waals surface area contributed by atoms with Gasteiger partial charge in [-0.1, -0.05) is 55.9 Å². The summed E-state index contributed by atoms with van der Waals surface area (Å²) in [6.07, 6.45) is 7.85. The minimum Gasteiger partial charge on any atom is -0.324 e. The third kappa shape index (κ3) is 4.14. The third-order valence-corrected chi connectivity index (χ3v) is 6.95.